The molecule has 0 saturated carbocycles. The van der Waals surface area contributed by atoms with E-state index in [0.717, 1.165) is 11.4 Å². The average molecular weight is 243 g/mol. The van der Waals surface area contributed by atoms with Crippen LogP contribution in [0, 0.1) is 27.7 Å². The molecule has 1 aromatic carbocycles. The van der Waals surface area contributed by atoms with Crippen LogP contribution in [0.3, 0.4) is 0 Å². The Labute approximate surface area is 109 Å². The minimum Gasteiger partial charge on any atom is -0.325 e. The van der Waals surface area contributed by atoms with E-state index < -0.39 is 0 Å². The first-order valence-electron chi connectivity index (χ1n) is 6.26. The summed E-state index contributed by atoms with van der Waals surface area (Å²) in [4.78, 5) is 0. The summed E-state index contributed by atoms with van der Waals surface area (Å²) in [5.41, 5.74) is 14.4. The second kappa shape index (κ2) is 4.58. The Hall–Kier alpha value is -1.61. The predicted molar refractivity (Wildman–Crippen MR) is 75.5 cm³/mol. The van der Waals surface area contributed by atoms with Crippen molar-refractivity contribution >= 4 is 0 Å². The topological polar surface area (TPSA) is 43.8 Å². The summed E-state index contributed by atoms with van der Waals surface area (Å²) in [6, 6.07) is 4.48. The minimum atomic E-state index is 0.513. The lowest BCUT2D eigenvalue weighted by Crippen LogP contribution is -2.05. The summed E-state index contributed by atoms with van der Waals surface area (Å²) >= 11 is 0. The third-order valence-corrected chi connectivity index (χ3v) is 3.64. The normalized spacial score (nSPS) is 11.0. The van der Waals surface area contributed by atoms with Gasteiger partial charge in [-0.15, -0.1) is 0 Å². The quantitative estimate of drug-likeness (QED) is 0.881. The van der Waals surface area contributed by atoms with Crippen molar-refractivity contribution < 1.29 is 0 Å². The maximum Gasteiger partial charge on any atom is 0.0675 e. The van der Waals surface area contributed by atoms with E-state index in [1.54, 1.807) is 0 Å². The van der Waals surface area contributed by atoms with Crippen molar-refractivity contribution in [3.8, 4) is 11.1 Å². The van der Waals surface area contributed by atoms with E-state index in [-0.39, 0.29) is 0 Å². The second-order valence-corrected chi connectivity index (χ2v) is 4.99. The van der Waals surface area contributed by atoms with Crippen LogP contribution in [0.25, 0.3) is 11.1 Å². The smallest absolute Gasteiger partial charge is 0.0675 e. The molecule has 1 heterocycles. The van der Waals surface area contributed by atoms with Gasteiger partial charge >= 0.3 is 0 Å². The second-order valence-electron chi connectivity index (χ2n) is 4.99. The molecule has 0 amide bonds. The number of rotatable bonds is 2. The number of benzene rings is 1. The van der Waals surface area contributed by atoms with Gasteiger partial charge in [-0.1, -0.05) is 12.1 Å². The van der Waals surface area contributed by atoms with Gasteiger partial charge in [0.2, 0.25) is 0 Å². The molecule has 1 aromatic heterocycles. The van der Waals surface area contributed by atoms with Crippen molar-refractivity contribution in [1.29, 1.82) is 0 Å². The summed E-state index contributed by atoms with van der Waals surface area (Å²) in [6.07, 6.45) is 0. The molecule has 3 heteroatoms. The highest BCUT2D eigenvalue weighted by Gasteiger charge is 2.16. The third-order valence-electron chi connectivity index (χ3n) is 3.64. The van der Waals surface area contributed by atoms with E-state index in [4.69, 9.17) is 5.73 Å². The van der Waals surface area contributed by atoms with Crippen LogP contribution < -0.4 is 5.73 Å². The van der Waals surface area contributed by atoms with Crippen molar-refractivity contribution in [1.82, 2.24) is 9.78 Å². The molecule has 2 N–H and O–H groups in total. The van der Waals surface area contributed by atoms with Gasteiger partial charge in [0.1, 0.15) is 0 Å². The predicted octanol–water partition coefficient (Wildman–Crippen LogP) is 2.78. The first kappa shape index (κ1) is 12.8. The van der Waals surface area contributed by atoms with Crippen molar-refractivity contribution in [3.63, 3.8) is 0 Å². The molecule has 96 valence electrons. The summed E-state index contributed by atoms with van der Waals surface area (Å²) in [7, 11) is 1.95. The van der Waals surface area contributed by atoms with Crippen LogP contribution in [-0.2, 0) is 13.6 Å². The number of aromatic nitrogens is 2. The molecule has 2 aromatic rings. The Kier molecular flexibility index (Phi) is 3.26. The highest BCUT2D eigenvalue weighted by Crippen LogP contribution is 2.31. The molecule has 0 saturated heterocycles. The number of nitrogens with two attached hydrogens (primary N) is 1. The van der Waals surface area contributed by atoms with Gasteiger partial charge in [0, 0.05) is 19.2 Å². The van der Waals surface area contributed by atoms with Crippen LogP contribution in [-0.4, -0.2) is 9.78 Å². The molecule has 18 heavy (non-hydrogen) atoms. The molecule has 0 unspecified atom stereocenters. The zero-order valence-electron chi connectivity index (χ0n) is 11.8. The minimum absolute atomic E-state index is 0.513. The van der Waals surface area contributed by atoms with Gasteiger partial charge in [-0.05, 0) is 49.9 Å². The molecule has 0 aliphatic heterocycles. The molecule has 0 radical (unpaired) electrons. The van der Waals surface area contributed by atoms with Gasteiger partial charge in [0.25, 0.3) is 0 Å². The monoisotopic (exact) mass is 243 g/mol. The van der Waals surface area contributed by atoms with Crippen molar-refractivity contribution in [2.24, 2.45) is 12.8 Å². The van der Waals surface area contributed by atoms with Gasteiger partial charge in [0.15, 0.2) is 0 Å². The van der Waals surface area contributed by atoms with Gasteiger partial charge < -0.3 is 5.73 Å². The number of hydrogen-bond donors (Lipinski definition) is 1. The fourth-order valence-electron chi connectivity index (χ4n) is 2.52. The molecule has 3 nitrogen and oxygen atoms in total. The molecule has 0 aliphatic rings. The first-order valence-corrected chi connectivity index (χ1v) is 6.26. The van der Waals surface area contributed by atoms with Crippen molar-refractivity contribution in [2.45, 2.75) is 34.2 Å². The Morgan fingerprint density at radius 2 is 1.67 bits per heavy atom. The average Bonchev–Trinajstić information content (AvgIpc) is 2.58. The van der Waals surface area contributed by atoms with Crippen LogP contribution in [0.1, 0.15) is 28.1 Å². The highest BCUT2D eigenvalue weighted by atomic mass is 15.3. The Balaban J connectivity index is 2.73. The fourth-order valence-corrected chi connectivity index (χ4v) is 2.52. The van der Waals surface area contributed by atoms with Crippen LogP contribution in [0.15, 0.2) is 12.1 Å². The number of aryl methyl sites for hydroxylation is 5. The highest BCUT2D eigenvalue weighted by molar-refractivity contribution is 5.73. The molecule has 0 atom stereocenters. The fraction of sp³-hybridized carbons (Fsp3) is 0.400. The van der Waals surface area contributed by atoms with E-state index in [0.29, 0.717) is 6.54 Å². The standard InChI is InChI=1S/C15H21N3/c1-9-6-11(3)13(7-10(9)2)15-12(4)17-18(5)14(15)8-16/h6-7H,8,16H2,1-5H3. The van der Waals surface area contributed by atoms with E-state index in [2.05, 4.69) is 38.0 Å². The molecule has 0 fully saturated rings. The molecular weight excluding hydrogens is 222 g/mol. The lowest BCUT2D eigenvalue weighted by atomic mass is 9.94. The largest absolute Gasteiger partial charge is 0.325 e. The van der Waals surface area contributed by atoms with Gasteiger partial charge in [-0.3, -0.25) is 4.68 Å². The van der Waals surface area contributed by atoms with Crippen LogP contribution >= 0.6 is 0 Å². The lowest BCUT2D eigenvalue weighted by molar-refractivity contribution is 0.706. The third kappa shape index (κ3) is 1.95. The first-order chi connectivity index (χ1) is 8.45. The zero-order chi connectivity index (χ0) is 13.4. The summed E-state index contributed by atoms with van der Waals surface area (Å²) in [5.74, 6) is 0. The molecule has 0 aliphatic carbocycles. The Morgan fingerprint density at radius 3 is 2.28 bits per heavy atom. The van der Waals surface area contributed by atoms with Crippen LogP contribution in [0.4, 0.5) is 0 Å². The molecular formula is C15H21N3. The van der Waals surface area contributed by atoms with Gasteiger partial charge in [-0.25, -0.2) is 0 Å². The SMILES string of the molecule is Cc1cc(C)c(-c2c(C)nn(C)c2CN)cc1C. The van der Waals surface area contributed by atoms with E-state index in [1.807, 2.05) is 18.7 Å². The van der Waals surface area contributed by atoms with E-state index in [9.17, 15) is 0 Å². The molecule has 2 rings (SSSR count). The number of hydrogen-bond acceptors (Lipinski definition) is 2. The van der Waals surface area contributed by atoms with Crippen LogP contribution in [0.2, 0.25) is 0 Å². The summed E-state index contributed by atoms with van der Waals surface area (Å²) in [5, 5.41) is 4.49. The maximum absolute atomic E-state index is 5.86. The van der Waals surface area contributed by atoms with Gasteiger partial charge in [-0.2, -0.15) is 5.10 Å². The molecule has 0 bridgehead atoms. The lowest BCUT2D eigenvalue weighted by Gasteiger charge is -2.11. The van der Waals surface area contributed by atoms with E-state index >= 15 is 0 Å². The number of nitrogens with zero attached hydrogens (tertiary/aromatic N) is 2. The van der Waals surface area contributed by atoms with Crippen LogP contribution in [0.5, 0.6) is 0 Å². The molecule has 0 spiro atoms. The maximum atomic E-state index is 5.86. The zero-order valence-corrected chi connectivity index (χ0v) is 11.8. The van der Waals surface area contributed by atoms with Crippen molar-refractivity contribution in [3.05, 3.63) is 40.2 Å². The Bertz CT molecular complexity index is 594. The summed E-state index contributed by atoms with van der Waals surface area (Å²) in [6.45, 7) is 8.99. The van der Waals surface area contributed by atoms with Crippen molar-refractivity contribution in [2.75, 3.05) is 0 Å². The summed E-state index contributed by atoms with van der Waals surface area (Å²) < 4.78 is 1.89. The van der Waals surface area contributed by atoms with Gasteiger partial charge in [0.05, 0.1) is 11.4 Å². The van der Waals surface area contributed by atoms with E-state index in [1.165, 1.54) is 27.8 Å². The Morgan fingerprint density at radius 1 is 1.06 bits per heavy atom.